The summed E-state index contributed by atoms with van der Waals surface area (Å²) in [5.41, 5.74) is 14.0. The number of hydrogen-bond donors (Lipinski definition) is 4. The van der Waals surface area contributed by atoms with Crippen LogP contribution in [0.15, 0.2) is 11.4 Å². The minimum atomic E-state index is -0.215. The molecule has 2 aliphatic heterocycles. The van der Waals surface area contributed by atoms with Crippen molar-refractivity contribution in [1.29, 1.82) is 0 Å². The van der Waals surface area contributed by atoms with Gasteiger partial charge in [-0.15, -0.1) is 0 Å². The van der Waals surface area contributed by atoms with E-state index in [-0.39, 0.29) is 23.6 Å². The van der Waals surface area contributed by atoms with Crippen LogP contribution in [0.5, 0.6) is 0 Å². The van der Waals surface area contributed by atoms with Gasteiger partial charge in [-0.05, 0) is 85.6 Å². The molecule has 3 aliphatic rings. The number of Topliss-reactive ketones (excluding diaryl/α,β-unsaturated/α-hetero) is 1. The van der Waals surface area contributed by atoms with Gasteiger partial charge in [-0.3, -0.25) is 9.59 Å². The summed E-state index contributed by atoms with van der Waals surface area (Å²) in [5, 5.41) is 5.92. The number of nitrogens with one attached hydrogen (secondary N) is 4. The normalized spacial score (nSPS) is 19.2. The molecule has 4 N–H and O–H groups in total. The maximum atomic E-state index is 13.5. The second-order valence-corrected chi connectivity index (χ2v) is 12.5. The first-order valence-electron chi connectivity index (χ1n) is 15.2. The number of aromatic amines is 3. The first kappa shape index (κ1) is 28.1. The largest absolute Gasteiger partial charge is 0.469 e. The molecular weight excluding hydrogens is 524 g/mol. The average molecular weight is 567 g/mol. The van der Waals surface area contributed by atoms with Crippen molar-refractivity contribution in [1.82, 2.24) is 20.3 Å². The van der Waals surface area contributed by atoms with Gasteiger partial charge in [0.05, 0.1) is 12.8 Å². The SMILES string of the molecule is CCc1c(C)c2[nH]c1=Cc1[nH]c3c(c1C)C(=O)CC3=C1NC(=Cc3[nH]c(c(C(C)C)c3C)C=2)[C@@H](C)[C@@H]1CCC(=O)OC. The third-order valence-corrected chi connectivity index (χ3v) is 9.79. The Hall–Kier alpha value is -4.00. The molecule has 8 bridgehead atoms. The lowest BCUT2D eigenvalue weighted by atomic mass is 9.86. The predicted molar refractivity (Wildman–Crippen MR) is 167 cm³/mol. The molecule has 0 amide bonds. The van der Waals surface area contributed by atoms with E-state index in [4.69, 9.17) is 4.74 Å². The van der Waals surface area contributed by atoms with Gasteiger partial charge in [0.1, 0.15) is 0 Å². The summed E-state index contributed by atoms with van der Waals surface area (Å²) >= 11 is 0. The summed E-state index contributed by atoms with van der Waals surface area (Å²) in [6.45, 7) is 15.3. The Labute approximate surface area is 247 Å². The third-order valence-electron chi connectivity index (χ3n) is 9.79. The topological polar surface area (TPSA) is 103 Å². The van der Waals surface area contributed by atoms with Gasteiger partial charge in [-0.1, -0.05) is 27.7 Å². The molecule has 1 saturated heterocycles. The van der Waals surface area contributed by atoms with Crippen molar-refractivity contribution in [2.75, 3.05) is 7.11 Å². The Balaban J connectivity index is 1.67. The van der Waals surface area contributed by atoms with Gasteiger partial charge in [0.2, 0.25) is 0 Å². The number of carbonyl (C=O) groups is 2. The molecule has 0 saturated carbocycles. The Morgan fingerprint density at radius 2 is 1.69 bits per heavy atom. The number of esters is 1. The Kier molecular flexibility index (Phi) is 6.95. The lowest BCUT2D eigenvalue weighted by Crippen LogP contribution is -2.13. The fourth-order valence-corrected chi connectivity index (χ4v) is 7.47. The number of H-pyrrole nitrogens is 3. The lowest BCUT2D eigenvalue weighted by molar-refractivity contribution is -0.140. The third kappa shape index (κ3) is 4.32. The molecule has 7 heteroatoms. The van der Waals surface area contributed by atoms with Crippen LogP contribution >= 0.6 is 0 Å². The predicted octanol–water partition coefficient (Wildman–Crippen LogP) is 5.40. The highest BCUT2D eigenvalue weighted by atomic mass is 16.5. The van der Waals surface area contributed by atoms with E-state index in [0.717, 1.165) is 68.0 Å². The van der Waals surface area contributed by atoms with Crippen molar-refractivity contribution in [2.45, 2.75) is 80.1 Å². The summed E-state index contributed by atoms with van der Waals surface area (Å²) in [6.07, 6.45) is 8.87. The van der Waals surface area contributed by atoms with E-state index in [1.165, 1.54) is 29.4 Å². The van der Waals surface area contributed by atoms with Crippen molar-refractivity contribution < 1.29 is 14.3 Å². The molecular formula is C35H42N4O3. The van der Waals surface area contributed by atoms with E-state index in [1.807, 2.05) is 6.92 Å². The summed E-state index contributed by atoms with van der Waals surface area (Å²) in [6, 6.07) is 0. The van der Waals surface area contributed by atoms with E-state index < -0.39 is 0 Å². The molecule has 1 fully saturated rings. The van der Waals surface area contributed by atoms with E-state index in [9.17, 15) is 9.59 Å². The molecule has 0 spiro atoms. The van der Waals surface area contributed by atoms with E-state index in [1.54, 1.807) is 0 Å². The molecule has 2 atom stereocenters. The van der Waals surface area contributed by atoms with Crippen LogP contribution in [0.4, 0.5) is 0 Å². The fraction of sp³-hybridized carbons (Fsp3) is 0.429. The van der Waals surface area contributed by atoms with Crippen molar-refractivity contribution in [3.8, 4) is 0 Å². The van der Waals surface area contributed by atoms with Crippen LogP contribution in [0.3, 0.4) is 0 Å². The summed E-state index contributed by atoms with van der Waals surface area (Å²) in [4.78, 5) is 36.8. The lowest BCUT2D eigenvalue weighted by Gasteiger charge is -2.17. The second-order valence-electron chi connectivity index (χ2n) is 12.5. The highest BCUT2D eigenvalue weighted by molar-refractivity contribution is 6.13. The van der Waals surface area contributed by atoms with Crippen molar-refractivity contribution in [3.63, 3.8) is 0 Å². The maximum absolute atomic E-state index is 13.5. The molecule has 3 aromatic heterocycles. The number of ether oxygens (including phenoxy) is 1. The standard InChI is InChI=1S/C35H42N4O3/c1-9-21-17(4)24-15-29-32(16(2)3)19(6)26(37-29)13-25-18(5)22(10-11-31(41)42-8)34(38-25)23-12-30(40)33-20(7)27(39-35(23)33)14-28(21)36-24/h13-16,18,22,36-39H,9-12H2,1-8H3/t18-,22-/m0/s1. The van der Waals surface area contributed by atoms with Gasteiger partial charge in [0.15, 0.2) is 5.78 Å². The molecule has 7 nitrogen and oxygen atoms in total. The molecule has 6 rings (SSSR count). The zero-order valence-corrected chi connectivity index (χ0v) is 26.0. The number of fused-ring (bicyclic) bond motifs is 7. The quantitative estimate of drug-likeness (QED) is 0.311. The van der Waals surface area contributed by atoms with Crippen LogP contribution in [0.1, 0.15) is 114 Å². The molecule has 0 radical (unpaired) electrons. The summed E-state index contributed by atoms with van der Waals surface area (Å²) < 4.78 is 4.99. The van der Waals surface area contributed by atoms with E-state index in [0.29, 0.717) is 25.2 Å². The van der Waals surface area contributed by atoms with Gasteiger partial charge in [-0.2, -0.15) is 0 Å². The van der Waals surface area contributed by atoms with Crippen molar-refractivity contribution >= 4 is 35.6 Å². The van der Waals surface area contributed by atoms with Crippen LogP contribution in [0.25, 0.3) is 23.8 Å². The molecule has 3 aromatic rings. The van der Waals surface area contributed by atoms with Gasteiger partial charge < -0.3 is 25.0 Å². The number of aromatic nitrogens is 3. The monoisotopic (exact) mass is 566 g/mol. The fourth-order valence-electron chi connectivity index (χ4n) is 7.47. The zero-order chi connectivity index (χ0) is 30.0. The summed E-state index contributed by atoms with van der Waals surface area (Å²) in [7, 11) is 1.44. The number of rotatable bonds is 5. The van der Waals surface area contributed by atoms with Gasteiger partial charge in [0, 0.05) is 75.0 Å². The van der Waals surface area contributed by atoms with Gasteiger partial charge in [0.25, 0.3) is 0 Å². The van der Waals surface area contributed by atoms with Crippen LogP contribution < -0.4 is 16.0 Å². The van der Waals surface area contributed by atoms with Crippen LogP contribution in [-0.2, 0) is 16.0 Å². The first-order valence-corrected chi connectivity index (χ1v) is 15.2. The number of hydrogen-bond acceptors (Lipinski definition) is 4. The Bertz CT molecular complexity index is 1820. The minimum absolute atomic E-state index is 0.0570. The minimum Gasteiger partial charge on any atom is -0.469 e. The number of ketones is 1. The van der Waals surface area contributed by atoms with Crippen molar-refractivity contribution in [3.05, 3.63) is 78.2 Å². The van der Waals surface area contributed by atoms with E-state index in [2.05, 4.69) is 80.0 Å². The van der Waals surface area contributed by atoms with Crippen molar-refractivity contribution in [2.24, 2.45) is 11.8 Å². The molecule has 0 aromatic carbocycles. The first-order chi connectivity index (χ1) is 20.0. The number of allylic oxidation sites excluding steroid dienone is 3. The molecule has 5 heterocycles. The number of carbonyl (C=O) groups excluding carboxylic acids is 2. The highest BCUT2D eigenvalue weighted by Gasteiger charge is 2.39. The Morgan fingerprint density at radius 1 is 0.976 bits per heavy atom. The molecule has 42 heavy (non-hydrogen) atoms. The van der Waals surface area contributed by atoms with Gasteiger partial charge >= 0.3 is 5.97 Å². The maximum Gasteiger partial charge on any atom is 0.305 e. The molecule has 220 valence electrons. The highest BCUT2D eigenvalue weighted by Crippen LogP contribution is 2.45. The van der Waals surface area contributed by atoms with E-state index >= 15 is 0 Å². The van der Waals surface area contributed by atoms with Crippen LogP contribution in [0.2, 0.25) is 0 Å². The molecule has 0 unspecified atom stereocenters. The average Bonchev–Trinajstić information content (AvgIpc) is 3.70. The smallest absolute Gasteiger partial charge is 0.305 e. The zero-order valence-electron chi connectivity index (χ0n) is 26.0. The van der Waals surface area contributed by atoms with Gasteiger partial charge in [-0.25, -0.2) is 0 Å². The Morgan fingerprint density at radius 3 is 2.38 bits per heavy atom. The van der Waals surface area contributed by atoms with Crippen LogP contribution in [0, 0.1) is 32.6 Å². The number of methoxy groups -OCH3 is 1. The molecule has 1 aliphatic carbocycles. The summed E-state index contributed by atoms with van der Waals surface area (Å²) in [5.74, 6) is 0.454. The second kappa shape index (κ2) is 10.4. The van der Waals surface area contributed by atoms with Crippen LogP contribution in [-0.4, -0.2) is 33.8 Å².